The molecular weight excluding hydrogens is 206 g/mol. The van der Waals surface area contributed by atoms with Crippen LogP contribution >= 0.6 is 0 Å². The van der Waals surface area contributed by atoms with Crippen molar-refractivity contribution < 1.29 is 9.59 Å². The molecule has 2 atom stereocenters. The first-order chi connectivity index (χ1) is 7.72. The average molecular weight is 225 g/mol. The third-order valence-corrected chi connectivity index (χ3v) is 3.63. The summed E-state index contributed by atoms with van der Waals surface area (Å²) in [4.78, 5) is 25.1. The fourth-order valence-electron chi connectivity index (χ4n) is 2.71. The third kappa shape index (κ3) is 2.19. The molecule has 2 aliphatic rings. The number of nitrogens with zero attached hydrogens (tertiary/aromatic N) is 1. The first-order valence-corrected chi connectivity index (χ1v) is 5.98. The molecule has 0 aromatic carbocycles. The van der Waals surface area contributed by atoms with Crippen LogP contribution in [0.2, 0.25) is 0 Å². The summed E-state index contributed by atoms with van der Waals surface area (Å²) in [6, 6.07) is 0. The van der Waals surface area contributed by atoms with Crippen LogP contribution in [0, 0.1) is 11.8 Å². The number of hydrogen-bond donors (Lipinski definition) is 2. The van der Waals surface area contributed by atoms with Crippen molar-refractivity contribution in [1.29, 1.82) is 0 Å². The Balaban J connectivity index is 1.98. The standard InChI is InChI=1S/C11H19N3O2/c12-6-8-2-1-3-9(8)11(16)14-5-4-13-10(15)7-14/h8-9H,1-7,12H2,(H,13,15). The smallest absolute Gasteiger partial charge is 0.239 e. The van der Waals surface area contributed by atoms with Gasteiger partial charge in [0, 0.05) is 19.0 Å². The second kappa shape index (κ2) is 4.82. The van der Waals surface area contributed by atoms with Crippen LogP contribution in [0.1, 0.15) is 19.3 Å². The van der Waals surface area contributed by atoms with Crippen molar-refractivity contribution in [2.24, 2.45) is 17.6 Å². The van der Waals surface area contributed by atoms with E-state index in [4.69, 9.17) is 5.73 Å². The number of carbonyl (C=O) groups is 2. The summed E-state index contributed by atoms with van der Waals surface area (Å²) in [5.74, 6) is 0.443. The minimum atomic E-state index is -0.0538. The van der Waals surface area contributed by atoms with Crippen LogP contribution in [0.5, 0.6) is 0 Å². The largest absolute Gasteiger partial charge is 0.353 e. The van der Waals surface area contributed by atoms with Crippen molar-refractivity contribution in [3.8, 4) is 0 Å². The van der Waals surface area contributed by atoms with Gasteiger partial charge >= 0.3 is 0 Å². The molecule has 2 fully saturated rings. The number of hydrogen-bond acceptors (Lipinski definition) is 3. The van der Waals surface area contributed by atoms with Crippen LogP contribution in [0.25, 0.3) is 0 Å². The molecule has 0 spiro atoms. The van der Waals surface area contributed by atoms with Crippen molar-refractivity contribution >= 4 is 11.8 Å². The Morgan fingerprint density at radius 3 is 3.00 bits per heavy atom. The van der Waals surface area contributed by atoms with Gasteiger partial charge in [-0.25, -0.2) is 0 Å². The number of carbonyl (C=O) groups excluding carboxylic acids is 2. The van der Waals surface area contributed by atoms with Gasteiger partial charge in [0.1, 0.15) is 0 Å². The van der Waals surface area contributed by atoms with Gasteiger partial charge in [-0.3, -0.25) is 9.59 Å². The Morgan fingerprint density at radius 1 is 1.50 bits per heavy atom. The van der Waals surface area contributed by atoms with Gasteiger partial charge in [0.25, 0.3) is 0 Å². The molecule has 1 saturated carbocycles. The second-order valence-electron chi connectivity index (χ2n) is 4.64. The Morgan fingerprint density at radius 2 is 2.31 bits per heavy atom. The minimum Gasteiger partial charge on any atom is -0.353 e. The molecule has 0 bridgehead atoms. The molecule has 1 aliphatic heterocycles. The summed E-state index contributed by atoms with van der Waals surface area (Å²) in [7, 11) is 0. The molecule has 5 heteroatoms. The molecule has 0 aromatic rings. The van der Waals surface area contributed by atoms with Gasteiger partial charge in [-0.05, 0) is 25.3 Å². The molecular formula is C11H19N3O2. The Hall–Kier alpha value is -1.10. The highest BCUT2D eigenvalue weighted by Gasteiger charge is 2.35. The Kier molecular flexibility index (Phi) is 3.43. The van der Waals surface area contributed by atoms with E-state index in [0.717, 1.165) is 19.3 Å². The Labute approximate surface area is 95.3 Å². The van der Waals surface area contributed by atoms with Crippen LogP contribution in [0.4, 0.5) is 0 Å². The zero-order chi connectivity index (χ0) is 11.5. The maximum Gasteiger partial charge on any atom is 0.239 e. The average Bonchev–Trinajstić information content (AvgIpc) is 2.76. The van der Waals surface area contributed by atoms with Crippen molar-refractivity contribution in [2.75, 3.05) is 26.2 Å². The molecule has 2 amide bonds. The van der Waals surface area contributed by atoms with E-state index in [1.807, 2.05) is 0 Å². The second-order valence-corrected chi connectivity index (χ2v) is 4.64. The molecule has 90 valence electrons. The number of rotatable bonds is 2. The van der Waals surface area contributed by atoms with Gasteiger partial charge in [0.05, 0.1) is 6.54 Å². The number of nitrogens with two attached hydrogens (primary N) is 1. The summed E-state index contributed by atoms with van der Waals surface area (Å²) < 4.78 is 0. The van der Waals surface area contributed by atoms with Crippen LogP contribution in [-0.4, -0.2) is 42.9 Å². The van der Waals surface area contributed by atoms with E-state index in [9.17, 15) is 9.59 Å². The lowest BCUT2D eigenvalue weighted by molar-refractivity contribution is -0.142. The Bertz CT molecular complexity index is 293. The number of amides is 2. The van der Waals surface area contributed by atoms with Crippen molar-refractivity contribution in [3.63, 3.8) is 0 Å². The van der Waals surface area contributed by atoms with Crippen molar-refractivity contribution in [1.82, 2.24) is 10.2 Å². The summed E-state index contributed by atoms with van der Waals surface area (Å²) in [6.07, 6.45) is 3.06. The SMILES string of the molecule is NCC1CCCC1C(=O)N1CCNC(=O)C1. The van der Waals surface area contributed by atoms with Gasteiger partial charge in [0.2, 0.25) is 11.8 Å². The molecule has 5 nitrogen and oxygen atoms in total. The van der Waals surface area contributed by atoms with Gasteiger partial charge in [-0.2, -0.15) is 0 Å². The number of nitrogens with one attached hydrogen (secondary N) is 1. The van der Waals surface area contributed by atoms with Gasteiger partial charge < -0.3 is 16.0 Å². The highest BCUT2D eigenvalue weighted by Crippen LogP contribution is 2.32. The fourth-order valence-corrected chi connectivity index (χ4v) is 2.71. The lowest BCUT2D eigenvalue weighted by atomic mass is 9.94. The van der Waals surface area contributed by atoms with Crippen molar-refractivity contribution in [3.05, 3.63) is 0 Å². The van der Waals surface area contributed by atoms with Crippen molar-refractivity contribution in [2.45, 2.75) is 19.3 Å². The first kappa shape index (κ1) is 11.4. The van der Waals surface area contributed by atoms with E-state index < -0.39 is 0 Å². The zero-order valence-electron chi connectivity index (χ0n) is 9.45. The zero-order valence-corrected chi connectivity index (χ0v) is 9.45. The lowest BCUT2D eigenvalue weighted by Gasteiger charge is -2.30. The molecule has 1 aliphatic carbocycles. The number of piperazine rings is 1. The van der Waals surface area contributed by atoms with E-state index in [2.05, 4.69) is 5.32 Å². The third-order valence-electron chi connectivity index (χ3n) is 3.63. The van der Waals surface area contributed by atoms with Crippen LogP contribution in [0.15, 0.2) is 0 Å². The van der Waals surface area contributed by atoms with E-state index in [1.165, 1.54) is 0 Å². The molecule has 2 rings (SSSR count). The van der Waals surface area contributed by atoms with Crippen LogP contribution < -0.4 is 11.1 Å². The molecule has 3 N–H and O–H groups in total. The van der Waals surface area contributed by atoms with Crippen LogP contribution in [0.3, 0.4) is 0 Å². The monoisotopic (exact) mass is 225 g/mol. The lowest BCUT2D eigenvalue weighted by Crippen LogP contribution is -2.52. The molecule has 1 heterocycles. The van der Waals surface area contributed by atoms with Gasteiger partial charge in [0.15, 0.2) is 0 Å². The summed E-state index contributed by atoms with van der Waals surface area (Å²) >= 11 is 0. The predicted octanol–water partition coefficient (Wildman–Crippen LogP) is -0.680. The summed E-state index contributed by atoms with van der Waals surface area (Å²) in [6.45, 7) is 2.01. The topological polar surface area (TPSA) is 75.4 Å². The minimum absolute atomic E-state index is 0.0518. The van der Waals surface area contributed by atoms with Gasteiger partial charge in [-0.15, -0.1) is 0 Å². The van der Waals surface area contributed by atoms with E-state index in [-0.39, 0.29) is 24.3 Å². The maximum atomic E-state index is 12.2. The highest BCUT2D eigenvalue weighted by atomic mass is 16.2. The predicted molar refractivity (Wildman–Crippen MR) is 59.5 cm³/mol. The quantitative estimate of drug-likeness (QED) is 0.654. The molecule has 2 unspecified atom stereocenters. The van der Waals surface area contributed by atoms with E-state index in [0.29, 0.717) is 25.6 Å². The highest BCUT2D eigenvalue weighted by molar-refractivity contribution is 5.87. The molecule has 1 saturated heterocycles. The van der Waals surface area contributed by atoms with E-state index >= 15 is 0 Å². The summed E-state index contributed by atoms with van der Waals surface area (Å²) in [5.41, 5.74) is 5.67. The first-order valence-electron chi connectivity index (χ1n) is 5.98. The molecule has 0 radical (unpaired) electrons. The molecule has 16 heavy (non-hydrogen) atoms. The van der Waals surface area contributed by atoms with E-state index in [1.54, 1.807) is 4.90 Å². The van der Waals surface area contributed by atoms with Crippen LogP contribution in [-0.2, 0) is 9.59 Å². The van der Waals surface area contributed by atoms with Gasteiger partial charge in [-0.1, -0.05) is 6.42 Å². The fraction of sp³-hybridized carbons (Fsp3) is 0.818. The molecule has 0 aromatic heterocycles. The summed E-state index contributed by atoms with van der Waals surface area (Å²) in [5, 5.41) is 2.73. The maximum absolute atomic E-state index is 12.2. The normalized spacial score (nSPS) is 30.3.